The second-order valence-corrected chi connectivity index (χ2v) is 7.45. The van der Waals surface area contributed by atoms with Crippen LogP contribution < -0.4 is 21.7 Å². The summed E-state index contributed by atoms with van der Waals surface area (Å²) < 4.78 is 6.81. The smallest absolute Gasteiger partial charge is 0.349 e. The minimum atomic E-state index is -0.783. The number of ether oxygens (including phenoxy) is 1. The predicted molar refractivity (Wildman–Crippen MR) is 122 cm³/mol. The molecule has 0 saturated carbocycles. The van der Waals surface area contributed by atoms with E-state index in [2.05, 4.69) is 21.6 Å². The molecule has 2 aromatic heterocycles. The van der Waals surface area contributed by atoms with Crippen LogP contribution in [0.2, 0.25) is 10.0 Å². The number of nitrogens with two attached hydrogens (primary N) is 1. The maximum absolute atomic E-state index is 12.1. The zero-order chi connectivity index (χ0) is 22.3. The number of H-pyrrole nitrogens is 1. The molecule has 0 saturated heterocycles. The van der Waals surface area contributed by atoms with Crippen LogP contribution in [0.25, 0.3) is 22.7 Å². The Labute approximate surface area is 185 Å². The van der Waals surface area contributed by atoms with Gasteiger partial charge in [0.1, 0.15) is 5.75 Å². The predicted octanol–water partition coefficient (Wildman–Crippen LogP) is 4.10. The number of pyridine rings is 1. The summed E-state index contributed by atoms with van der Waals surface area (Å²) in [4.78, 5) is 30.1. The van der Waals surface area contributed by atoms with E-state index in [1.165, 1.54) is 12.1 Å². The summed E-state index contributed by atoms with van der Waals surface area (Å²) in [5.74, 6) is 0.309. The number of nitrogens with one attached hydrogen (secondary N) is 1. The number of rotatable bonds is 4. The van der Waals surface area contributed by atoms with Crippen LogP contribution in [0.5, 0.6) is 11.5 Å². The molecular weight excluding hydrogens is 441 g/mol. The van der Waals surface area contributed by atoms with Gasteiger partial charge in [0.25, 0.3) is 5.56 Å². The molecule has 8 nitrogen and oxygen atoms in total. The molecule has 0 bridgehead atoms. The third kappa shape index (κ3) is 3.90. The molecule has 10 heteroatoms. The highest BCUT2D eigenvalue weighted by Crippen LogP contribution is 2.39. The van der Waals surface area contributed by atoms with Gasteiger partial charge in [0, 0.05) is 11.1 Å². The molecule has 0 fully saturated rings. The van der Waals surface area contributed by atoms with Crippen molar-refractivity contribution in [3.63, 3.8) is 0 Å². The van der Waals surface area contributed by atoms with Gasteiger partial charge in [-0.05, 0) is 48.9 Å². The fourth-order valence-corrected chi connectivity index (χ4v) is 3.63. The summed E-state index contributed by atoms with van der Waals surface area (Å²) in [6.45, 7) is 5.76. The van der Waals surface area contributed by atoms with Gasteiger partial charge in [-0.2, -0.15) is 4.68 Å². The van der Waals surface area contributed by atoms with Crippen LogP contribution in [0.15, 0.2) is 52.6 Å². The number of hydrogen-bond donors (Lipinski definition) is 2. The van der Waals surface area contributed by atoms with E-state index in [9.17, 15) is 9.59 Å². The highest BCUT2D eigenvalue weighted by atomic mass is 35.5. The standard InChI is InChI=1S/C21H15Cl2N5O3/c1-3-11-6-10(2)25-17-5-4-13(9-14(11)17)31-18-15(22)7-12(8-16(18)23)28-21(30)26-20(29)19(24)27-28/h3-9H,1H2,2H3,(H2,24,27)(H,26,29,30). The lowest BCUT2D eigenvalue weighted by Gasteiger charge is -2.13. The van der Waals surface area contributed by atoms with Gasteiger partial charge in [0.2, 0.25) is 5.82 Å². The van der Waals surface area contributed by atoms with Crippen molar-refractivity contribution in [3.05, 3.63) is 85.1 Å². The molecule has 4 aromatic rings. The highest BCUT2D eigenvalue weighted by Gasteiger charge is 2.15. The van der Waals surface area contributed by atoms with Gasteiger partial charge >= 0.3 is 5.69 Å². The minimum Gasteiger partial charge on any atom is -0.454 e. The molecule has 31 heavy (non-hydrogen) atoms. The van der Waals surface area contributed by atoms with Crippen molar-refractivity contribution < 1.29 is 4.74 Å². The lowest BCUT2D eigenvalue weighted by molar-refractivity contribution is 0.483. The maximum atomic E-state index is 12.1. The van der Waals surface area contributed by atoms with E-state index in [0.29, 0.717) is 5.75 Å². The molecule has 0 radical (unpaired) electrons. The van der Waals surface area contributed by atoms with Crippen molar-refractivity contribution in [2.45, 2.75) is 6.92 Å². The number of halogens is 2. The van der Waals surface area contributed by atoms with E-state index >= 15 is 0 Å². The molecule has 0 unspecified atom stereocenters. The molecular formula is C21H15Cl2N5O3. The van der Waals surface area contributed by atoms with Crippen LogP contribution in [-0.4, -0.2) is 19.7 Å². The molecule has 156 valence electrons. The number of aromatic nitrogens is 4. The van der Waals surface area contributed by atoms with Crippen molar-refractivity contribution in [1.29, 1.82) is 0 Å². The Morgan fingerprint density at radius 3 is 2.55 bits per heavy atom. The second-order valence-electron chi connectivity index (χ2n) is 6.63. The lowest BCUT2D eigenvalue weighted by Crippen LogP contribution is -2.33. The average Bonchev–Trinajstić information content (AvgIpc) is 2.72. The first-order valence-electron chi connectivity index (χ1n) is 8.97. The van der Waals surface area contributed by atoms with E-state index in [0.717, 1.165) is 26.8 Å². The second kappa shape index (κ2) is 7.90. The number of fused-ring (bicyclic) bond motifs is 1. The number of aryl methyl sites for hydroxylation is 1. The summed E-state index contributed by atoms with van der Waals surface area (Å²) in [7, 11) is 0. The molecule has 2 aromatic carbocycles. The fourth-order valence-electron chi connectivity index (χ4n) is 3.07. The molecule has 0 aliphatic carbocycles. The van der Waals surface area contributed by atoms with Crippen molar-refractivity contribution >= 4 is 46.0 Å². The van der Waals surface area contributed by atoms with E-state index < -0.39 is 11.2 Å². The summed E-state index contributed by atoms with van der Waals surface area (Å²) >= 11 is 12.7. The van der Waals surface area contributed by atoms with Crippen LogP contribution in [0.4, 0.5) is 5.82 Å². The van der Waals surface area contributed by atoms with Crippen LogP contribution in [0, 0.1) is 6.92 Å². The first-order valence-corrected chi connectivity index (χ1v) is 9.72. The Morgan fingerprint density at radius 1 is 1.16 bits per heavy atom. The zero-order valence-corrected chi connectivity index (χ0v) is 17.7. The normalized spacial score (nSPS) is 10.9. The topological polar surface area (TPSA) is 116 Å². The SMILES string of the molecule is C=Cc1cc(C)nc2ccc(Oc3c(Cl)cc(-n4nc(N)c(=O)[nH]c4=O)cc3Cl)cc12. The first kappa shape index (κ1) is 20.6. The summed E-state index contributed by atoms with van der Waals surface area (Å²) in [6, 6.07) is 10.2. The van der Waals surface area contributed by atoms with Gasteiger partial charge < -0.3 is 10.5 Å². The Balaban J connectivity index is 1.76. The van der Waals surface area contributed by atoms with Crippen molar-refractivity contribution in [2.75, 3.05) is 5.73 Å². The Hall–Kier alpha value is -3.62. The third-order valence-corrected chi connectivity index (χ3v) is 5.02. The summed E-state index contributed by atoms with van der Waals surface area (Å²) in [6.07, 6.45) is 1.75. The number of hydrogen-bond acceptors (Lipinski definition) is 6. The van der Waals surface area contributed by atoms with E-state index in [1.807, 2.05) is 25.1 Å². The molecule has 2 heterocycles. The van der Waals surface area contributed by atoms with Gasteiger partial charge in [-0.3, -0.25) is 14.8 Å². The zero-order valence-electron chi connectivity index (χ0n) is 16.1. The quantitative estimate of drug-likeness (QED) is 0.478. The molecule has 4 rings (SSSR count). The minimum absolute atomic E-state index is 0.132. The van der Waals surface area contributed by atoms with Crippen molar-refractivity contribution in [2.24, 2.45) is 0 Å². The average molecular weight is 456 g/mol. The maximum Gasteiger partial charge on any atom is 0.349 e. The Morgan fingerprint density at radius 2 is 1.87 bits per heavy atom. The molecule has 3 N–H and O–H groups in total. The van der Waals surface area contributed by atoms with Crippen LogP contribution in [0.3, 0.4) is 0 Å². The summed E-state index contributed by atoms with van der Waals surface area (Å²) in [5.41, 5.74) is 6.74. The van der Waals surface area contributed by atoms with E-state index in [4.69, 9.17) is 33.7 Å². The van der Waals surface area contributed by atoms with Crippen molar-refractivity contribution in [3.8, 4) is 17.2 Å². The van der Waals surface area contributed by atoms with Gasteiger partial charge in [-0.1, -0.05) is 35.9 Å². The Kier molecular flexibility index (Phi) is 5.26. The Bertz CT molecular complexity index is 1450. The number of nitrogen functional groups attached to an aromatic ring is 1. The van der Waals surface area contributed by atoms with Gasteiger partial charge in [-0.15, -0.1) is 5.10 Å². The molecule has 0 aliphatic rings. The van der Waals surface area contributed by atoms with Gasteiger partial charge in [-0.25, -0.2) is 4.79 Å². The molecule has 0 atom stereocenters. The molecule has 0 aliphatic heterocycles. The monoisotopic (exact) mass is 455 g/mol. The largest absolute Gasteiger partial charge is 0.454 e. The van der Waals surface area contributed by atoms with Gasteiger partial charge in [0.15, 0.2) is 5.75 Å². The van der Waals surface area contributed by atoms with E-state index in [-0.39, 0.29) is 27.3 Å². The highest BCUT2D eigenvalue weighted by molar-refractivity contribution is 6.37. The van der Waals surface area contributed by atoms with Crippen LogP contribution in [0.1, 0.15) is 11.3 Å². The number of aromatic amines is 1. The molecule has 0 spiro atoms. The van der Waals surface area contributed by atoms with Gasteiger partial charge in [0.05, 0.1) is 21.2 Å². The number of nitrogens with zero attached hydrogens (tertiary/aromatic N) is 3. The van der Waals surface area contributed by atoms with Crippen LogP contribution >= 0.6 is 23.2 Å². The van der Waals surface area contributed by atoms with Crippen molar-refractivity contribution in [1.82, 2.24) is 19.7 Å². The first-order chi connectivity index (χ1) is 14.8. The lowest BCUT2D eigenvalue weighted by atomic mass is 10.1. The number of anilines is 1. The molecule has 0 amide bonds. The summed E-state index contributed by atoms with van der Waals surface area (Å²) in [5, 5.41) is 4.89. The van der Waals surface area contributed by atoms with Crippen LogP contribution in [-0.2, 0) is 0 Å². The fraction of sp³-hybridized carbons (Fsp3) is 0.0476. The number of benzene rings is 2. The van der Waals surface area contributed by atoms with E-state index in [1.54, 1.807) is 12.1 Å². The third-order valence-electron chi connectivity index (χ3n) is 4.46.